The predicted octanol–water partition coefficient (Wildman–Crippen LogP) is 2.14. The van der Waals surface area contributed by atoms with Crippen LogP contribution in [0, 0.1) is 0 Å². The molecule has 0 aromatic heterocycles. The van der Waals surface area contributed by atoms with Crippen LogP contribution in [-0.4, -0.2) is 37.2 Å². The monoisotopic (exact) mass is 173 g/mol. The molecular formula is C10H23NO. The molecule has 0 aromatic carbocycles. The average molecular weight is 173 g/mol. The van der Waals surface area contributed by atoms with Gasteiger partial charge in [0.25, 0.3) is 0 Å². The molecule has 0 aliphatic carbocycles. The minimum absolute atomic E-state index is 0.171. The van der Waals surface area contributed by atoms with E-state index in [1.807, 2.05) is 13.8 Å². The maximum Gasteiger partial charge on any atom is 0.0802 e. The third kappa shape index (κ3) is 3.55. The van der Waals surface area contributed by atoms with Crippen molar-refractivity contribution in [3.05, 3.63) is 0 Å². The fraction of sp³-hybridized carbons (Fsp3) is 1.00. The van der Waals surface area contributed by atoms with E-state index in [1.54, 1.807) is 0 Å². The highest BCUT2D eigenvalue weighted by Gasteiger charge is 2.33. The number of hydrogen-bond acceptors (Lipinski definition) is 2. The molecule has 0 radical (unpaired) electrons. The minimum atomic E-state index is 0.171. The van der Waals surface area contributed by atoms with Gasteiger partial charge in [-0.05, 0) is 20.5 Å². The Hall–Kier alpha value is -0.0800. The molecule has 1 aliphatic rings. The molecule has 0 saturated carbocycles. The summed E-state index contributed by atoms with van der Waals surface area (Å²) in [6.07, 6.45) is 1.22. The van der Waals surface area contributed by atoms with Crippen molar-refractivity contribution in [2.75, 3.05) is 26.7 Å². The van der Waals surface area contributed by atoms with Crippen molar-refractivity contribution < 1.29 is 4.74 Å². The molecule has 0 spiro atoms. The van der Waals surface area contributed by atoms with E-state index in [9.17, 15) is 0 Å². The van der Waals surface area contributed by atoms with Crippen LogP contribution in [0.5, 0.6) is 0 Å². The molecule has 2 heteroatoms. The number of rotatable bonds is 3. The van der Waals surface area contributed by atoms with Gasteiger partial charge in [-0.25, -0.2) is 0 Å². The summed E-state index contributed by atoms with van der Waals surface area (Å²) >= 11 is 0. The van der Waals surface area contributed by atoms with Crippen molar-refractivity contribution >= 4 is 0 Å². The zero-order valence-electron chi connectivity index (χ0n) is 9.18. The molecule has 1 saturated heterocycles. The molecule has 0 amide bonds. The van der Waals surface area contributed by atoms with Gasteiger partial charge < -0.3 is 9.64 Å². The largest absolute Gasteiger partial charge is 0.374 e. The van der Waals surface area contributed by atoms with Crippen LogP contribution in [0.15, 0.2) is 0 Å². The van der Waals surface area contributed by atoms with Gasteiger partial charge in [0.2, 0.25) is 0 Å². The van der Waals surface area contributed by atoms with Crippen LogP contribution < -0.4 is 0 Å². The van der Waals surface area contributed by atoms with E-state index in [-0.39, 0.29) is 5.60 Å². The van der Waals surface area contributed by atoms with Crippen molar-refractivity contribution in [2.45, 2.75) is 39.7 Å². The van der Waals surface area contributed by atoms with Crippen LogP contribution in [0.2, 0.25) is 0 Å². The lowest BCUT2D eigenvalue weighted by atomic mass is 9.97. The molecule has 12 heavy (non-hydrogen) atoms. The molecule has 1 aliphatic heterocycles. The van der Waals surface area contributed by atoms with Gasteiger partial charge in [0, 0.05) is 13.0 Å². The Morgan fingerprint density at radius 3 is 2.17 bits per heavy atom. The lowest BCUT2D eigenvalue weighted by Crippen LogP contribution is -2.49. The Morgan fingerprint density at radius 1 is 1.42 bits per heavy atom. The normalized spacial score (nSPS) is 27.5. The van der Waals surface area contributed by atoms with E-state index in [4.69, 9.17) is 4.74 Å². The lowest BCUT2D eigenvalue weighted by Gasteiger charge is -2.41. The quantitative estimate of drug-likeness (QED) is 0.648. The summed E-state index contributed by atoms with van der Waals surface area (Å²) in [5.74, 6) is 0. The van der Waals surface area contributed by atoms with Crippen LogP contribution in [0.4, 0.5) is 0 Å². The van der Waals surface area contributed by atoms with Crippen molar-refractivity contribution in [2.24, 2.45) is 0 Å². The third-order valence-electron chi connectivity index (χ3n) is 2.23. The maximum absolute atomic E-state index is 5.45. The highest BCUT2D eigenvalue weighted by Crippen LogP contribution is 2.25. The summed E-state index contributed by atoms with van der Waals surface area (Å²) in [6, 6.07) is 0. The first-order valence-corrected chi connectivity index (χ1v) is 4.99. The van der Waals surface area contributed by atoms with Crippen LogP contribution in [0.25, 0.3) is 0 Å². The summed E-state index contributed by atoms with van der Waals surface area (Å²) < 4.78 is 5.45. The Morgan fingerprint density at radius 2 is 1.92 bits per heavy atom. The summed E-state index contributed by atoms with van der Waals surface area (Å²) in [4.78, 5) is 2.29. The summed E-state index contributed by atoms with van der Waals surface area (Å²) in [5, 5.41) is 0. The highest BCUT2D eigenvalue weighted by atomic mass is 16.5. The van der Waals surface area contributed by atoms with Crippen molar-refractivity contribution in [1.82, 2.24) is 4.90 Å². The Bertz CT molecular complexity index is 110. The van der Waals surface area contributed by atoms with E-state index < -0.39 is 0 Å². The van der Waals surface area contributed by atoms with E-state index in [0.717, 1.165) is 19.7 Å². The van der Waals surface area contributed by atoms with E-state index in [2.05, 4.69) is 25.8 Å². The zero-order valence-corrected chi connectivity index (χ0v) is 9.18. The van der Waals surface area contributed by atoms with Gasteiger partial charge in [0.05, 0.1) is 12.2 Å². The Labute approximate surface area is 76.9 Å². The van der Waals surface area contributed by atoms with Gasteiger partial charge in [0.15, 0.2) is 0 Å². The molecule has 0 aromatic rings. The fourth-order valence-electron chi connectivity index (χ4n) is 1.26. The van der Waals surface area contributed by atoms with Crippen LogP contribution in [0.3, 0.4) is 0 Å². The fourth-order valence-corrected chi connectivity index (χ4v) is 1.26. The van der Waals surface area contributed by atoms with E-state index >= 15 is 0 Å². The highest BCUT2D eigenvalue weighted by molar-refractivity contribution is 4.84. The van der Waals surface area contributed by atoms with Crippen molar-refractivity contribution in [3.63, 3.8) is 0 Å². The van der Waals surface area contributed by atoms with Crippen LogP contribution >= 0.6 is 0 Å². The predicted molar refractivity (Wildman–Crippen MR) is 53.5 cm³/mol. The van der Waals surface area contributed by atoms with Gasteiger partial charge in [-0.15, -0.1) is 0 Å². The second-order valence-electron chi connectivity index (χ2n) is 3.38. The van der Waals surface area contributed by atoms with Crippen molar-refractivity contribution in [1.29, 1.82) is 0 Å². The van der Waals surface area contributed by atoms with E-state index in [0.29, 0.717) is 0 Å². The second kappa shape index (κ2) is 5.55. The molecule has 1 fully saturated rings. The van der Waals surface area contributed by atoms with Crippen molar-refractivity contribution in [3.8, 4) is 0 Å². The summed E-state index contributed by atoms with van der Waals surface area (Å²) in [5.41, 5.74) is 0.171. The standard InChI is InChI=1S/C8H17NO.C2H6/c1-4-9(3)7-8(2)5-6-10-8;1-2/h4-7H2,1-3H3;1-2H3. The number of likely N-dealkylation sites (N-methyl/N-ethyl adjacent to an activating group) is 1. The molecule has 1 unspecified atom stereocenters. The topological polar surface area (TPSA) is 12.5 Å². The van der Waals surface area contributed by atoms with Crippen LogP contribution in [-0.2, 0) is 4.74 Å². The minimum Gasteiger partial charge on any atom is -0.374 e. The average Bonchev–Trinajstić information content (AvgIpc) is 2.05. The summed E-state index contributed by atoms with van der Waals surface area (Å²) in [6.45, 7) is 11.5. The molecule has 74 valence electrons. The molecule has 1 heterocycles. The number of ether oxygens (including phenoxy) is 1. The first-order chi connectivity index (χ1) is 5.66. The molecule has 0 N–H and O–H groups in total. The van der Waals surface area contributed by atoms with E-state index in [1.165, 1.54) is 6.42 Å². The molecule has 1 rings (SSSR count). The molecular weight excluding hydrogens is 150 g/mol. The van der Waals surface area contributed by atoms with Gasteiger partial charge in [-0.3, -0.25) is 0 Å². The first kappa shape index (κ1) is 11.9. The third-order valence-corrected chi connectivity index (χ3v) is 2.23. The zero-order chi connectivity index (χ0) is 9.61. The smallest absolute Gasteiger partial charge is 0.0802 e. The number of hydrogen-bond donors (Lipinski definition) is 0. The lowest BCUT2D eigenvalue weighted by molar-refractivity contribution is -0.144. The maximum atomic E-state index is 5.45. The van der Waals surface area contributed by atoms with Gasteiger partial charge in [-0.2, -0.15) is 0 Å². The second-order valence-corrected chi connectivity index (χ2v) is 3.38. The first-order valence-electron chi connectivity index (χ1n) is 4.99. The SMILES string of the molecule is CC.CCN(C)CC1(C)CCO1. The van der Waals surface area contributed by atoms with Gasteiger partial charge in [-0.1, -0.05) is 20.8 Å². The van der Waals surface area contributed by atoms with Gasteiger partial charge >= 0.3 is 0 Å². The molecule has 0 bridgehead atoms. The van der Waals surface area contributed by atoms with Crippen LogP contribution in [0.1, 0.15) is 34.1 Å². The van der Waals surface area contributed by atoms with Gasteiger partial charge in [0.1, 0.15) is 0 Å². The summed E-state index contributed by atoms with van der Waals surface area (Å²) in [7, 11) is 2.13. The molecule has 2 nitrogen and oxygen atoms in total. The Kier molecular flexibility index (Phi) is 5.51. The Balaban J connectivity index is 0.000000561. The molecule has 1 atom stereocenters. The number of nitrogens with zero attached hydrogens (tertiary/aromatic N) is 1.